The Kier molecular flexibility index (Phi) is 6.91. The van der Waals surface area contributed by atoms with Gasteiger partial charge in [0, 0.05) is 15.5 Å². The van der Waals surface area contributed by atoms with Crippen molar-refractivity contribution in [1.29, 1.82) is 0 Å². The first-order valence-corrected chi connectivity index (χ1v) is 12.1. The smallest absolute Gasteiger partial charge is 0.267 e. The largest absolute Gasteiger partial charge is 0.271 e. The number of anilines is 1. The fourth-order valence-corrected chi connectivity index (χ4v) is 4.45. The highest BCUT2D eigenvalue weighted by molar-refractivity contribution is 7.92. The van der Waals surface area contributed by atoms with Gasteiger partial charge in [-0.3, -0.25) is 9.10 Å². The molecule has 1 amide bonds. The quantitative estimate of drug-likeness (QED) is 0.415. The highest BCUT2D eigenvalue weighted by atomic mass is 35.5. The van der Waals surface area contributed by atoms with Gasteiger partial charge in [0.15, 0.2) is 0 Å². The fraction of sp³-hybridized carbons (Fsp3) is 0.143. The molecule has 2 aromatic carbocycles. The standard InChI is InChI=1S/C21H20ClN3O3S2/c1-15(20-8-5-13-29-20)23-24-21(26)16-9-11-18(12-10-16)25(30(2,27)28)14-17-6-3-4-7-19(17)22/h3-13H,14H2,1-2H3,(H,24,26)/b23-15-. The first kappa shape index (κ1) is 22.0. The van der Waals surface area contributed by atoms with E-state index in [-0.39, 0.29) is 12.5 Å². The Balaban J connectivity index is 1.77. The minimum Gasteiger partial charge on any atom is -0.267 e. The number of carbonyl (C=O) groups is 1. The normalized spacial score (nSPS) is 11.9. The zero-order valence-electron chi connectivity index (χ0n) is 16.4. The number of rotatable bonds is 7. The summed E-state index contributed by atoms with van der Waals surface area (Å²) in [6.07, 6.45) is 1.13. The van der Waals surface area contributed by atoms with Crippen molar-refractivity contribution in [2.24, 2.45) is 5.10 Å². The summed E-state index contributed by atoms with van der Waals surface area (Å²) in [5.74, 6) is -0.380. The van der Waals surface area contributed by atoms with Gasteiger partial charge in [-0.25, -0.2) is 13.8 Å². The predicted molar refractivity (Wildman–Crippen MR) is 123 cm³/mol. The predicted octanol–water partition coefficient (Wildman–Crippen LogP) is 4.52. The van der Waals surface area contributed by atoms with Crippen molar-refractivity contribution in [2.75, 3.05) is 10.6 Å². The zero-order valence-corrected chi connectivity index (χ0v) is 18.8. The maximum Gasteiger partial charge on any atom is 0.271 e. The number of sulfonamides is 1. The Morgan fingerprint density at radius 1 is 1.10 bits per heavy atom. The van der Waals surface area contributed by atoms with Gasteiger partial charge in [-0.05, 0) is 54.3 Å². The molecule has 30 heavy (non-hydrogen) atoms. The number of benzene rings is 2. The summed E-state index contributed by atoms with van der Waals surface area (Å²) in [6.45, 7) is 1.91. The van der Waals surface area contributed by atoms with E-state index in [2.05, 4.69) is 10.5 Å². The number of thiophene rings is 1. The van der Waals surface area contributed by atoms with Crippen LogP contribution in [0.4, 0.5) is 5.69 Å². The molecule has 0 bridgehead atoms. The molecule has 0 unspecified atom stereocenters. The third-order valence-corrected chi connectivity index (χ3v) is 6.78. The number of nitrogens with one attached hydrogen (secondary N) is 1. The van der Waals surface area contributed by atoms with Gasteiger partial charge in [-0.1, -0.05) is 35.9 Å². The van der Waals surface area contributed by atoms with Crippen molar-refractivity contribution in [2.45, 2.75) is 13.5 Å². The van der Waals surface area contributed by atoms with Crippen molar-refractivity contribution in [3.05, 3.63) is 87.1 Å². The minimum absolute atomic E-state index is 0.0916. The van der Waals surface area contributed by atoms with Crippen LogP contribution in [0.3, 0.4) is 0 Å². The summed E-state index contributed by atoms with van der Waals surface area (Å²) in [5.41, 5.74) is 4.72. The van der Waals surface area contributed by atoms with E-state index in [1.165, 1.54) is 15.6 Å². The summed E-state index contributed by atoms with van der Waals surface area (Å²) in [5, 5.41) is 6.53. The van der Waals surface area contributed by atoms with Crippen LogP contribution in [0.2, 0.25) is 5.02 Å². The van der Waals surface area contributed by atoms with Crippen LogP contribution in [-0.4, -0.2) is 26.3 Å². The molecule has 0 aliphatic carbocycles. The SMILES string of the molecule is C/C(=N/NC(=O)c1ccc(N(Cc2ccccc2Cl)S(C)(=O)=O)cc1)c1cccs1. The lowest BCUT2D eigenvalue weighted by Crippen LogP contribution is -2.29. The molecular weight excluding hydrogens is 442 g/mol. The molecular formula is C21H20ClN3O3S2. The van der Waals surface area contributed by atoms with E-state index < -0.39 is 10.0 Å². The van der Waals surface area contributed by atoms with Crippen molar-refractivity contribution in [1.82, 2.24) is 5.43 Å². The lowest BCUT2D eigenvalue weighted by Gasteiger charge is -2.23. The summed E-state index contributed by atoms with van der Waals surface area (Å²) in [7, 11) is -3.56. The van der Waals surface area contributed by atoms with Crippen LogP contribution in [0.15, 0.2) is 71.1 Å². The van der Waals surface area contributed by atoms with Crippen LogP contribution in [0, 0.1) is 0 Å². The van der Waals surface area contributed by atoms with E-state index in [1.54, 1.807) is 48.5 Å². The van der Waals surface area contributed by atoms with E-state index in [1.807, 2.05) is 24.4 Å². The topological polar surface area (TPSA) is 78.8 Å². The fourth-order valence-electron chi connectivity index (χ4n) is 2.70. The van der Waals surface area contributed by atoms with Crippen molar-refractivity contribution < 1.29 is 13.2 Å². The molecule has 1 heterocycles. The molecule has 9 heteroatoms. The third-order valence-electron chi connectivity index (χ3n) is 4.29. The second kappa shape index (κ2) is 9.42. The van der Waals surface area contributed by atoms with Gasteiger partial charge in [-0.2, -0.15) is 5.10 Å². The van der Waals surface area contributed by atoms with E-state index >= 15 is 0 Å². The number of hydrazone groups is 1. The number of carbonyl (C=O) groups excluding carboxylic acids is 1. The summed E-state index contributed by atoms with van der Waals surface area (Å²) < 4.78 is 25.9. The summed E-state index contributed by atoms with van der Waals surface area (Å²) >= 11 is 7.72. The Hall–Kier alpha value is -2.68. The Bertz CT molecular complexity index is 1160. The molecule has 0 aliphatic heterocycles. The van der Waals surface area contributed by atoms with Crippen molar-refractivity contribution >= 4 is 50.3 Å². The highest BCUT2D eigenvalue weighted by Gasteiger charge is 2.19. The number of hydrogen-bond donors (Lipinski definition) is 1. The third kappa shape index (κ3) is 5.47. The maximum absolute atomic E-state index is 12.4. The lowest BCUT2D eigenvalue weighted by molar-refractivity contribution is 0.0955. The Labute approximate surface area is 184 Å². The van der Waals surface area contributed by atoms with Crippen LogP contribution in [0.25, 0.3) is 0 Å². The van der Waals surface area contributed by atoms with Gasteiger partial charge in [0.1, 0.15) is 0 Å². The molecule has 0 saturated carbocycles. The average Bonchev–Trinajstić information content (AvgIpc) is 3.25. The second-order valence-corrected chi connectivity index (χ2v) is 9.79. The molecule has 0 fully saturated rings. The van der Waals surface area contributed by atoms with Crippen LogP contribution in [-0.2, 0) is 16.6 Å². The molecule has 6 nitrogen and oxygen atoms in total. The molecule has 0 aliphatic rings. The molecule has 1 N–H and O–H groups in total. The first-order valence-electron chi connectivity index (χ1n) is 8.95. The Morgan fingerprint density at radius 3 is 2.40 bits per heavy atom. The zero-order chi connectivity index (χ0) is 21.7. The monoisotopic (exact) mass is 461 g/mol. The average molecular weight is 462 g/mol. The molecule has 3 rings (SSSR count). The van der Waals surface area contributed by atoms with Gasteiger partial charge in [0.05, 0.1) is 24.2 Å². The van der Waals surface area contributed by atoms with Gasteiger partial charge < -0.3 is 0 Å². The van der Waals surface area contributed by atoms with E-state index in [0.717, 1.165) is 11.1 Å². The molecule has 0 radical (unpaired) electrons. The number of halogens is 1. The van der Waals surface area contributed by atoms with Gasteiger partial charge in [0.2, 0.25) is 10.0 Å². The van der Waals surface area contributed by atoms with Gasteiger partial charge in [0.25, 0.3) is 5.91 Å². The summed E-state index contributed by atoms with van der Waals surface area (Å²) in [4.78, 5) is 13.3. The second-order valence-electron chi connectivity index (χ2n) is 6.52. The van der Waals surface area contributed by atoms with Crippen molar-refractivity contribution in [3.63, 3.8) is 0 Å². The molecule has 0 atom stereocenters. The van der Waals surface area contributed by atoms with E-state index in [9.17, 15) is 13.2 Å². The molecule has 0 spiro atoms. The first-order chi connectivity index (χ1) is 14.3. The van der Waals surface area contributed by atoms with Gasteiger partial charge >= 0.3 is 0 Å². The molecule has 156 valence electrons. The molecule has 3 aromatic rings. The van der Waals surface area contributed by atoms with Crippen LogP contribution >= 0.6 is 22.9 Å². The highest BCUT2D eigenvalue weighted by Crippen LogP contribution is 2.24. The maximum atomic E-state index is 12.4. The van der Waals surface area contributed by atoms with Crippen LogP contribution < -0.4 is 9.73 Å². The van der Waals surface area contributed by atoms with E-state index in [0.29, 0.717) is 27.5 Å². The molecule has 0 saturated heterocycles. The number of nitrogens with zero attached hydrogens (tertiary/aromatic N) is 2. The van der Waals surface area contributed by atoms with Crippen LogP contribution in [0.1, 0.15) is 27.7 Å². The van der Waals surface area contributed by atoms with Crippen LogP contribution in [0.5, 0.6) is 0 Å². The number of amides is 1. The Morgan fingerprint density at radius 2 is 1.80 bits per heavy atom. The van der Waals surface area contributed by atoms with Gasteiger partial charge in [-0.15, -0.1) is 11.3 Å². The number of hydrogen-bond acceptors (Lipinski definition) is 5. The summed E-state index contributed by atoms with van der Waals surface area (Å²) in [6, 6.07) is 17.2. The molecule has 1 aromatic heterocycles. The lowest BCUT2D eigenvalue weighted by atomic mass is 10.2. The van der Waals surface area contributed by atoms with Crippen molar-refractivity contribution in [3.8, 4) is 0 Å². The minimum atomic E-state index is -3.56. The van der Waals surface area contributed by atoms with E-state index in [4.69, 9.17) is 11.6 Å².